The summed E-state index contributed by atoms with van der Waals surface area (Å²) in [7, 11) is 0. The van der Waals surface area contributed by atoms with Crippen LogP contribution >= 0.6 is 0 Å². The molecule has 0 aliphatic heterocycles. The summed E-state index contributed by atoms with van der Waals surface area (Å²) in [5, 5.41) is 15.2. The van der Waals surface area contributed by atoms with Crippen LogP contribution in [0.2, 0.25) is 0 Å². The van der Waals surface area contributed by atoms with Gasteiger partial charge in [-0.1, -0.05) is 26.0 Å². The van der Waals surface area contributed by atoms with Crippen molar-refractivity contribution in [3.05, 3.63) is 42.7 Å². The number of nitrogens with one attached hydrogen (secondary N) is 1. The Bertz CT molecular complexity index is 805. The topological polar surface area (TPSA) is 72.2 Å². The molecule has 0 aliphatic rings. The minimum absolute atomic E-state index is 0.0625. The molecule has 6 heteroatoms. The van der Waals surface area contributed by atoms with Crippen molar-refractivity contribution in [2.45, 2.75) is 26.7 Å². The Morgan fingerprint density at radius 3 is 2.57 bits per heavy atom. The monoisotopic (exact) mass is 309 g/mol. The van der Waals surface area contributed by atoms with E-state index in [1.165, 1.54) is 0 Å². The van der Waals surface area contributed by atoms with Crippen molar-refractivity contribution < 1.29 is 4.79 Å². The van der Waals surface area contributed by atoms with Gasteiger partial charge in [0.1, 0.15) is 6.33 Å². The van der Waals surface area contributed by atoms with E-state index in [-0.39, 0.29) is 11.8 Å². The summed E-state index contributed by atoms with van der Waals surface area (Å²) in [6.07, 6.45) is 3.27. The molecule has 6 nitrogen and oxygen atoms in total. The summed E-state index contributed by atoms with van der Waals surface area (Å²) in [5.41, 5.74) is 3.31. The first-order valence-corrected chi connectivity index (χ1v) is 7.79. The van der Waals surface area contributed by atoms with Gasteiger partial charge in [0.2, 0.25) is 5.91 Å². The molecule has 0 atom stereocenters. The second-order valence-corrected chi connectivity index (χ2v) is 5.43. The molecule has 3 aromatic rings. The molecule has 0 saturated heterocycles. The van der Waals surface area contributed by atoms with Crippen molar-refractivity contribution >= 4 is 17.2 Å². The van der Waals surface area contributed by atoms with Crippen LogP contribution in [0.15, 0.2) is 42.7 Å². The van der Waals surface area contributed by atoms with Crippen LogP contribution in [0.25, 0.3) is 16.9 Å². The van der Waals surface area contributed by atoms with Gasteiger partial charge >= 0.3 is 0 Å². The highest BCUT2D eigenvalue weighted by Gasteiger charge is 2.14. The normalized spacial score (nSPS) is 11.1. The van der Waals surface area contributed by atoms with Crippen LogP contribution in [-0.2, 0) is 4.79 Å². The molecular weight excluding hydrogens is 290 g/mol. The maximum atomic E-state index is 12.1. The number of hydrogen-bond acceptors (Lipinski definition) is 4. The van der Waals surface area contributed by atoms with Gasteiger partial charge in [-0.05, 0) is 37.1 Å². The fourth-order valence-corrected chi connectivity index (χ4v) is 2.51. The van der Waals surface area contributed by atoms with Crippen molar-refractivity contribution in [2.24, 2.45) is 5.92 Å². The minimum atomic E-state index is 0.0625. The van der Waals surface area contributed by atoms with Crippen LogP contribution in [0.5, 0.6) is 0 Å². The third-order valence-corrected chi connectivity index (χ3v) is 3.97. The standard InChI is InChI=1S/C17H19N5O/c1-3-12(4-2)17(23)19-14-7-5-13(6-8-14)15-9-10-16-20-18-11-22(16)21-15/h5-12H,3-4H2,1-2H3,(H,19,23). The number of carbonyl (C=O) groups excluding carboxylic acids is 1. The Morgan fingerprint density at radius 2 is 1.87 bits per heavy atom. The highest BCUT2D eigenvalue weighted by Crippen LogP contribution is 2.20. The van der Waals surface area contributed by atoms with E-state index in [2.05, 4.69) is 20.6 Å². The maximum Gasteiger partial charge on any atom is 0.227 e. The van der Waals surface area contributed by atoms with Crippen molar-refractivity contribution in [1.82, 2.24) is 19.8 Å². The lowest BCUT2D eigenvalue weighted by molar-refractivity contribution is -0.120. The van der Waals surface area contributed by atoms with Gasteiger partial charge in [0.15, 0.2) is 5.65 Å². The average molecular weight is 309 g/mol. The van der Waals surface area contributed by atoms with Gasteiger partial charge in [0.05, 0.1) is 5.69 Å². The Balaban J connectivity index is 1.77. The van der Waals surface area contributed by atoms with E-state index < -0.39 is 0 Å². The number of amides is 1. The molecule has 1 aromatic carbocycles. The number of rotatable bonds is 5. The number of carbonyl (C=O) groups is 1. The number of aromatic nitrogens is 4. The molecule has 2 aromatic heterocycles. The fourth-order valence-electron chi connectivity index (χ4n) is 2.51. The minimum Gasteiger partial charge on any atom is -0.326 e. The van der Waals surface area contributed by atoms with Gasteiger partial charge in [0, 0.05) is 17.2 Å². The van der Waals surface area contributed by atoms with Gasteiger partial charge < -0.3 is 5.32 Å². The Kier molecular flexibility index (Phi) is 4.32. The van der Waals surface area contributed by atoms with Gasteiger partial charge in [0.25, 0.3) is 0 Å². The first kappa shape index (κ1) is 15.1. The zero-order valence-electron chi connectivity index (χ0n) is 13.2. The van der Waals surface area contributed by atoms with Gasteiger partial charge in [-0.3, -0.25) is 4.79 Å². The van der Waals surface area contributed by atoms with E-state index in [1.807, 2.05) is 50.2 Å². The predicted molar refractivity (Wildman–Crippen MR) is 88.9 cm³/mol. The van der Waals surface area contributed by atoms with Gasteiger partial charge in [-0.2, -0.15) is 9.61 Å². The molecule has 118 valence electrons. The summed E-state index contributed by atoms with van der Waals surface area (Å²) in [6.45, 7) is 4.06. The van der Waals surface area contributed by atoms with E-state index in [0.29, 0.717) is 5.65 Å². The van der Waals surface area contributed by atoms with E-state index in [1.54, 1.807) is 10.8 Å². The molecule has 1 N–H and O–H groups in total. The predicted octanol–water partition coefficient (Wildman–Crippen LogP) is 3.17. The molecule has 2 heterocycles. The molecule has 0 aliphatic carbocycles. The molecular formula is C17H19N5O. The van der Waals surface area contributed by atoms with E-state index in [9.17, 15) is 4.79 Å². The second-order valence-electron chi connectivity index (χ2n) is 5.43. The zero-order valence-corrected chi connectivity index (χ0v) is 13.2. The van der Waals surface area contributed by atoms with E-state index in [0.717, 1.165) is 29.8 Å². The average Bonchev–Trinajstić information content (AvgIpc) is 3.04. The van der Waals surface area contributed by atoms with Crippen LogP contribution in [0, 0.1) is 5.92 Å². The smallest absolute Gasteiger partial charge is 0.227 e. The molecule has 23 heavy (non-hydrogen) atoms. The molecule has 0 fully saturated rings. The van der Waals surface area contributed by atoms with Crippen LogP contribution < -0.4 is 5.32 Å². The van der Waals surface area contributed by atoms with Crippen molar-refractivity contribution in [3.8, 4) is 11.3 Å². The second kappa shape index (κ2) is 6.56. The van der Waals surface area contributed by atoms with Crippen molar-refractivity contribution in [3.63, 3.8) is 0 Å². The highest BCUT2D eigenvalue weighted by atomic mass is 16.1. The molecule has 0 spiro atoms. The highest BCUT2D eigenvalue weighted by molar-refractivity contribution is 5.92. The number of fused-ring (bicyclic) bond motifs is 1. The summed E-state index contributed by atoms with van der Waals surface area (Å²) in [4.78, 5) is 12.1. The van der Waals surface area contributed by atoms with Gasteiger partial charge in [-0.15, -0.1) is 10.2 Å². The summed E-state index contributed by atoms with van der Waals surface area (Å²) in [6, 6.07) is 11.5. The van der Waals surface area contributed by atoms with Gasteiger partial charge in [-0.25, -0.2) is 0 Å². The van der Waals surface area contributed by atoms with Crippen molar-refractivity contribution in [1.29, 1.82) is 0 Å². The Labute approximate surface area is 134 Å². The van der Waals surface area contributed by atoms with Crippen LogP contribution in [0.1, 0.15) is 26.7 Å². The molecule has 0 saturated carbocycles. The molecule has 0 radical (unpaired) electrons. The number of hydrogen-bond donors (Lipinski definition) is 1. The summed E-state index contributed by atoms with van der Waals surface area (Å²) in [5.74, 6) is 0.138. The molecule has 0 bridgehead atoms. The van der Waals surface area contributed by atoms with Crippen molar-refractivity contribution in [2.75, 3.05) is 5.32 Å². The first-order chi connectivity index (χ1) is 11.2. The fraction of sp³-hybridized carbons (Fsp3) is 0.294. The van der Waals surface area contributed by atoms with Crippen LogP contribution in [-0.4, -0.2) is 25.7 Å². The quantitative estimate of drug-likeness (QED) is 0.785. The maximum absolute atomic E-state index is 12.1. The summed E-state index contributed by atoms with van der Waals surface area (Å²) >= 11 is 0. The lowest BCUT2D eigenvalue weighted by Crippen LogP contribution is -2.21. The Morgan fingerprint density at radius 1 is 1.13 bits per heavy atom. The molecule has 3 rings (SSSR count). The van der Waals surface area contributed by atoms with E-state index in [4.69, 9.17) is 0 Å². The third-order valence-electron chi connectivity index (χ3n) is 3.97. The lowest BCUT2D eigenvalue weighted by atomic mass is 10.0. The number of benzene rings is 1. The van der Waals surface area contributed by atoms with Crippen LogP contribution in [0.3, 0.4) is 0 Å². The molecule has 1 amide bonds. The van der Waals surface area contributed by atoms with Crippen LogP contribution in [0.4, 0.5) is 5.69 Å². The Hall–Kier alpha value is -2.76. The molecule has 0 unspecified atom stereocenters. The number of nitrogens with zero attached hydrogens (tertiary/aromatic N) is 4. The third kappa shape index (κ3) is 3.21. The number of anilines is 1. The zero-order chi connectivity index (χ0) is 16.2. The summed E-state index contributed by atoms with van der Waals surface area (Å²) < 4.78 is 1.64. The van der Waals surface area contributed by atoms with E-state index >= 15 is 0 Å². The lowest BCUT2D eigenvalue weighted by Gasteiger charge is -2.13. The first-order valence-electron chi connectivity index (χ1n) is 7.79. The SMILES string of the molecule is CCC(CC)C(=O)Nc1ccc(-c2ccc3nncn3n2)cc1. The largest absolute Gasteiger partial charge is 0.326 e.